The van der Waals surface area contributed by atoms with Crippen LogP contribution in [0.3, 0.4) is 0 Å². The zero-order chi connectivity index (χ0) is 13.1. The van der Waals surface area contributed by atoms with Gasteiger partial charge in [0, 0.05) is 0 Å². The summed E-state index contributed by atoms with van der Waals surface area (Å²) in [6, 6.07) is 10.2. The van der Waals surface area contributed by atoms with Crippen molar-refractivity contribution in [1.29, 1.82) is 0 Å². The Bertz CT molecular complexity index is 429. The Labute approximate surface area is 113 Å². The van der Waals surface area contributed by atoms with E-state index in [2.05, 4.69) is 12.1 Å². The molecule has 1 aromatic rings. The maximum atomic E-state index is 11.6. The van der Waals surface area contributed by atoms with Gasteiger partial charge in [-0.1, -0.05) is 30.3 Å². The van der Waals surface area contributed by atoms with Gasteiger partial charge in [-0.2, -0.15) is 0 Å². The molecule has 3 atom stereocenters. The highest BCUT2D eigenvalue weighted by atomic mass is 16.5. The van der Waals surface area contributed by atoms with Crippen LogP contribution in [-0.4, -0.2) is 18.7 Å². The molecule has 0 radical (unpaired) electrons. The van der Waals surface area contributed by atoms with Crippen LogP contribution in [-0.2, 0) is 20.9 Å². The first-order chi connectivity index (χ1) is 9.31. The fourth-order valence-corrected chi connectivity index (χ4v) is 3.22. The average Bonchev–Trinajstić information content (AvgIpc) is 2.80. The lowest BCUT2D eigenvalue weighted by atomic mass is 9.89. The third-order valence-electron chi connectivity index (χ3n) is 4.26. The van der Waals surface area contributed by atoms with Gasteiger partial charge in [-0.25, -0.2) is 0 Å². The zero-order valence-electron chi connectivity index (χ0n) is 11.1. The van der Waals surface area contributed by atoms with E-state index in [0.29, 0.717) is 31.5 Å². The molecule has 0 N–H and O–H groups in total. The number of carbonyl (C=O) groups is 1. The second-order valence-electron chi connectivity index (χ2n) is 5.65. The molecule has 0 spiro atoms. The largest absolute Gasteiger partial charge is 0.462 e. The Hall–Kier alpha value is -1.35. The summed E-state index contributed by atoms with van der Waals surface area (Å²) >= 11 is 0. The number of esters is 1. The molecule has 1 saturated carbocycles. The van der Waals surface area contributed by atoms with Gasteiger partial charge < -0.3 is 9.47 Å². The summed E-state index contributed by atoms with van der Waals surface area (Å²) < 4.78 is 11.2. The number of rotatable bonds is 4. The van der Waals surface area contributed by atoms with Crippen LogP contribution in [0, 0.1) is 11.8 Å². The van der Waals surface area contributed by atoms with Gasteiger partial charge in [0.1, 0.15) is 6.10 Å². The molecule has 1 heterocycles. The topological polar surface area (TPSA) is 35.5 Å². The van der Waals surface area contributed by atoms with Gasteiger partial charge in [0.05, 0.1) is 19.6 Å². The summed E-state index contributed by atoms with van der Waals surface area (Å²) in [5.74, 6) is 0.899. The van der Waals surface area contributed by atoms with Crippen molar-refractivity contribution < 1.29 is 14.3 Å². The van der Waals surface area contributed by atoms with E-state index in [9.17, 15) is 4.79 Å². The molecule has 3 nitrogen and oxygen atoms in total. The monoisotopic (exact) mass is 260 g/mol. The molecule has 3 rings (SSSR count). The van der Waals surface area contributed by atoms with Crippen LogP contribution < -0.4 is 0 Å². The Morgan fingerprint density at radius 1 is 1.21 bits per heavy atom. The fourth-order valence-electron chi connectivity index (χ4n) is 3.22. The van der Waals surface area contributed by atoms with Crippen molar-refractivity contribution in [3.63, 3.8) is 0 Å². The highest BCUT2D eigenvalue weighted by Crippen LogP contribution is 2.38. The van der Waals surface area contributed by atoms with Gasteiger partial charge in [-0.3, -0.25) is 4.79 Å². The van der Waals surface area contributed by atoms with Crippen molar-refractivity contribution in [3.8, 4) is 0 Å². The lowest BCUT2D eigenvalue weighted by molar-refractivity contribution is -0.149. The first-order valence-electron chi connectivity index (χ1n) is 7.12. The molecular weight excluding hydrogens is 240 g/mol. The molecule has 1 aromatic carbocycles. The quantitative estimate of drug-likeness (QED) is 0.781. The predicted molar refractivity (Wildman–Crippen MR) is 71.4 cm³/mol. The molecule has 0 amide bonds. The van der Waals surface area contributed by atoms with Gasteiger partial charge in [0.2, 0.25) is 0 Å². The maximum Gasteiger partial charge on any atom is 0.306 e. The number of hydrogen-bond donors (Lipinski definition) is 0. The minimum absolute atomic E-state index is 0.0412. The number of ether oxygens (including phenoxy) is 2. The van der Waals surface area contributed by atoms with Crippen LogP contribution in [0.5, 0.6) is 0 Å². The van der Waals surface area contributed by atoms with E-state index in [1.807, 2.05) is 18.2 Å². The Kier molecular flexibility index (Phi) is 3.83. The summed E-state index contributed by atoms with van der Waals surface area (Å²) in [6.45, 7) is 1.30. The molecular formula is C16H20O3. The van der Waals surface area contributed by atoms with Crippen molar-refractivity contribution in [2.75, 3.05) is 6.61 Å². The Morgan fingerprint density at radius 2 is 2.05 bits per heavy atom. The van der Waals surface area contributed by atoms with Crippen LogP contribution >= 0.6 is 0 Å². The predicted octanol–water partition coefficient (Wildman–Crippen LogP) is 2.94. The lowest BCUT2D eigenvalue weighted by Crippen LogP contribution is -2.21. The molecule has 0 aromatic heterocycles. The van der Waals surface area contributed by atoms with Crippen molar-refractivity contribution >= 4 is 5.97 Å². The molecule has 19 heavy (non-hydrogen) atoms. The van der Waals surface area contributed by atoms with Gasteiger partial charge in [-0.05, 0) is 36.7 Å². The highest BCUT2D eigenvalue weighted by Gasteiger charge is 2.37. The first kappa shape index (κ1) is 12.7. The van der Waals surface area contributed by atoms with E-state index in [0.717, 1.165) is 12.8 Å². The summed E-state index contributed by atoms with van der Waals surface area (Å²) in [5, 5.41) is 0. The van der Waals surface area contributed by atoms with Gasteiger partial charge in [0.25, 0.3) is 0 Å². The lowest BCUT2D eigenvalue weighted by Gasteiger charge is -2.20. The molecule has 2 aliphatic rings. The smallest absolute Gasteiger partial charge is 0.306 e. The van der Waals surface area contributed by atoms with Crippen LogP contribution in [0.1, 0.15) is 31.2 Å². The van der Waals surface area contributed by atoms with Gasteiger partial charge in [-0.15, -0.1) is 0 Å². The van der Waals surface area contributed by atoms with Gasteiger partial charge >= 0.3 is 5.97 Å². The molecule has 1 saturated heterocycles. The third-order valence-corrected chi connectivity index (χ3v) is 4.26. The summed E-state index contributed by atoms with van der Waals surface area (Å²) in [7, 11) is 0. The molecule has 1 aliphatic carbocycles. The highest BCUT2D eigenvalue weighted by molar-refractivity contribution is 5.70. The van der Waals surface area contributed by atoms with E-state index in [1.54, 1.807) is 0 Å². The first-order valence-corrected chi connectivity index (χ1v) is 7.12. The Morgan fingerprint density at radius 3 is 2.89 bits per heavy atom. The van der Waals surface area contributed by atoms with E-state index >= 15 is 0 Å². The van der Waals surface area contributed by atoms with Gasteiger partial charge in [0.15, 0.2) is 0 Å². The van der Waals surface area contributed by atoms with Crippen molar-refractivity contribution in [1.82, 2.24) is 0 Å². The normalized spacial score (nSPS) is 29.9. The van der Waals surface area contributed by atoms with E-state index < -0.39 is 0 Å². The van der Waals surface area contributed by atoms with Crippen LogP contribution in [0.15, 0.2) is 30.3 Å². The SMILES string of the molecule is O=C1C[C@@H](COCc2ccccc2)[C@H]2CC[C@H](C2)O1. The maximum absolute atomic E-state index is 11.6. The van der Waals surface area contributed by atoms with Crippen LogP contribution in [0.4, 0.5) is 0 Å². The van der Waals surface area contributed by atoms with E-state index in [1.165, 1.54) is 12.0 Å². The molecule has 102 valence electrons. The summed E-state index contributed by atoms with van der Waals surface area (Å²) in [5.41, 5.74) is 1.18. The minimum Gasteiger partial charge on any atom is -0.462 e. The number of benzene rings is 1. The zero-order valence-corrected chi connectivity index (χ0v) is 11.1. The number of hydrogen-bond acceptors (Lipinski definition) is 3. The van der Waals surface area contributed by atoms with E-state index in [4.69, 9.17) is 9.47 Å². The summed E-state index contributed by atoms with van der Waals surface area (Å²) in [4.78, 5) is 11.6. The number of fused-ring (bicyclic) bond motifs is 2. The average molecular weight is 260 g/mol. The van der Waals surface area contributed by atoms with Crippen molar-refractivity contribution in [2.24, 2.45) is 11.8 Å². The molecule has 2 fully saturated rings. The van der Waals surface area contributed by atoms with Crippen molar-refractivity contribution in [3.05, 3.63) is 35.9 Å². The second kappa shape index (κ2) is 5.74. The molecule has 1 aliphatic heterocycles. The van der Waals surface area contributed by atoms with E-state index in [-0.39, 0.29) is 12.1 Å². The summed E-state index contributed by atoms with van der Waals surface area (Å²) in [6.07, 6.45) is 3.95. The number of carbonyl (C=O) groups excluding carboxylic acids is 1. The molecule has 2 bridgehead atoms. The Balaban J connectivity index is 1.52. The fraction of sp³-hybridized carbons (Fsp3) is 0.562. The van der Waals surface area contributed by atoms with Crippen LogP contribution in [0.25, 0.3) is 0 Å². The molecule has 0 unspecified atom stereocenters. The molecule has 3 heteroatoms. The third kappa shape index (κ3) is 3.16. The second-order valence-corrected chi connectivity index (χ2v) is 5.65. The minimum atomic E-state index is -0.0412. The van der Waals surface area contributed by atoms with Crippen LogP contribution in [0.2, 0.25) is 0 Å². The standard InChI is InChI=1S/C16H20O3/c17-16-9-14(13-6-7-15(8-13)19-16)11-18-10-12-4-2-1-3-5-12/h1-5,13-15H,6-11H2/t13-,14-,15+/m0/s1. The van der Waals surface area contributed by atoms with Crippen molar-refractivity contribution in [2.45, 2.75) is 38.4 Å².